The number of piperidine rings is 1. The summed E-state index contributed by atoms with van der Waals surface area (Å²) in [4.78, 5) is 12.3. The van der Waals surface area contributed by atoms with Crippen LogP contribution in [0.15, 0.2) is 42.5 Å². The number of ether oxygens (including phenoxy) is 1. The average molecular weight is 362 g/mol. The maximum absolute atomic E-state index is 14.9. The van der Waals surface area contributed by atoms with Crippen LogP contribution in [0.3, 0.4) is 0 Å². The number of para-hydroxylation sites is 1. The van der Waals surface area contributed by atoms with Crippen LogP contribution in [0.2, 0.25) is 0 Å². The number of carbonyl (C=O) groups is 1. The third-order valence-electron chi connectivity index (χ3n) is 4.72. The minimum Gasteiger partial charge on any atom is -0.465 e. The number of likely N-dealkylation sites (tertiary alicyclic amines) is 1. The second-order valence-electron chi connectivity index (χ2n) is 6.33. The van der Waals surface area contributed by atoms with Crippen LogP contribution in [0.5, 0.6) is 11.5 Å². The van der Waals surface area contributed by atoms with E-state index in [-0.39, 0.29) is 11.5 Å². The van der Waals surface area contributed by atoms with Crippen LogP contribution >= 0.6 is 0 Å². The Labute approximate surface area is 150 Å². The van der Waals surface area contributed by atoms with Crippen molar-refractivity contribution in [2.75, 3.05) is 13.1 Å². The highest BCUT2D eigenvalue weighted by Gasteiger charge is 2.30. The zero-order valence-corrected chi connectivity index (χ0v) is 14.1. The molecule has 1 saturated heterocycles. The van der Waals surface area contributed by atoms with Gasteiger partial charge in [0, 0.05) is 24.7 Å². The lowest BCUT2D eigenvalue weighted by Gasteiger charge is -2.33. The Hall–Kier alpha value is -2.67. The molecule has 1 amide bonds. The van der Waals surface area contributed by atoms with E-state index in [0.29, 0.717) is 31.7 Å². The Morgan fingerprint density at radius 1 is 1.15 bits per heavy atom. The van der Waals surface area contributed by atoms with Gasteiger partial charge in [-0.1, -0.05) is 24.3 Å². The van der Waals surface area contributed by atoms with Crippen molar-refractivity contribution >= 4 is 6.09 Å². The van der Waals surface area contributed by atoms with Crippen molar-refractivity contribution in [2.45, 2.75) is 18.9 Å². The van der Waals surface area contributed by atoms with Crippen LogP contribution < -0.4 is 10.5 Å². The van der Waals surface area contributed by atoms with Gasteiger partial charge in [-0.15, -0.1) is 0 Å². The van der Waals surface area contributed by atoms with E-state index in [0.717, 1.165) is 6.07 Å². The van der Waals surface area contributed by atoms with Crippen LogP contribution in [0.4, 0.5) is 13.6 Å². The van der Waals surface area contributed by atoms with E-state index in [4.69, 9.17) is 15.6 Å². The molecule has 0 radical (unpaired) electrons. The maximum atomic E-state index is 14.9. The van der Waals surface area contributed by atoms with Gasteiger partial charge in [0.05, 0.1) is 0 Å². The zero-order chi connectivity index (χ0) is 18.7. The van der Waals surface area contributed by atoms with E-state index in [1.165, 1.54) is 11.0 Å². The average Bonchev–Trinajstić information content (AvgIpc) is 2.65. The fraction of sp³-hybridized carbons (Fsp3) is 0.316. The Balaban J connectivity index is 1.80. The molecule has 0 aliphatic carbocycles. The third-order valence-corrected chi connectivity index (χ3v) is 4.72. The predicted octanol–water partition coefficient (Wildman–Crippen LogP) is 4.15. The summed E-state index contributed by atoms with van der Waals surface area (Å²) >= 11 is 0. The summed E-state index contributed by atoms with van der Waals surface area (Å²) in [6.07, 6.45) is 0.0849. The summed E-state index contributed by atoms with van der Waals surface area (Å²) in [7, 11) is 0. The smallest absolute Gasteiger partial charge is 0.407 e. The maximum Gasteiger partial charge on any atom is 0.407 e. The molecular formula is C19H20F2N2O3. The number of hydrogen-bond acceptors (Lipinski definition) is 3. The van der Waals surface area contributed by atoms with Crippen molar-refractivity contribution in [3.63, 3.8) is 0 Å². The summed E-state index contributed by atoms with van der Waals surface area (Å²) in [5, 5.41) is 9.01. The van der Waals surface area contributed by atoms with Crippen molar-refractivity contribution in [1.29, 1.82) is 0 Å². The van der Waals surface area contributed by atoms with Gasteiger partial charge in [-0.3, -0.25) is 0 Å². The van der Waals surface area contributed by atoms with E-state index < -0.39 is 29.5 Å². The largest absolute Gasteiger partial charge is 0.465 e. The summed E-state index contributed by atoms with van der Waals surface area (Å²) in [5.74, 6) is -1.86. The monoisotopic (exact) mass is 362 g/mol. The van der Waals surface area contributed by atoms with E-state index in [9.17, 15) is 13.6 Å². The number of carboxylic acid groups (broad SMARTS) is 1. The van der Waals surface area contributed by atoms with E-state index in [1.54, 1.807) is 30.3 Å². The lowest BCUT2D eigenvalue weighted by molar-refractivity contribution is 0.119. The van der Waals surface area contributed by atoms with Crippen molar-refractivity contribution in [3.05, 3.63) is 59.7 Å². The Kier molecular flexibility index (Phi) is 5.37. The molecular weight excluding hydrogens is 342 g/mol. The van der Waals surface area contributed by atoms with Crippen LogP contribution in [0.1, 0.15) is 24.4 Å². The molecule has 138 valence electrons. The minimum absolute atomic E-state index is 0.0878. The van der Waals surface area contributed by atoms with Gasteiger partial charge in [-0.25, -0.2) is 13.6 Å². The minimum atomic E-state index is -0.969. The number of hydrogen-bond donors (Lipinski definition) is 2. The molecule has 1 unspecified atom stereocenters. The molecule has 1 fully saturated rings. The van der Waals surface area contributed by atoms with Crippen molar-refractivity contribution in [3.8, 4) is 11.5 Å². The number of halogens is 2. The molecule has 3 N–H and O–H groups in total. The molecule has 1 aliphatic rings. The SMILES string of the molecule is NC(c1ccc(F)c(Oc2ccccc2)c1F)C1CCN(C(=O)O)CC1. The van der Waals surface area contributed by atoms with Crippen LogP contribution in [-0.4, -0.2) is 29.2 Å². The lowest BCUT2D eigenvalue weighted by Crippen LogP contribution is -2.40. The van der Waals surface area contributed by atoms with E-state index >= 15 is 0 Å². The van der Waals surface area contributed by atoms with Gasteiger partial charge >= 0.3 is 6.09 Å². The van der Waals surface area contributed by atoms with Crippen LogP contribution in [0.25, 0.3) is 0 Å². The van der Waals surface area contributed by atoms with Gasteiger partial charge in [-0.05, 0) is 37.0 Å². The van der Waals surface area contributed by atoms with Crippen molar-refractivity contribution < 1.29 is 23.4 Å². The fourth-order valence-electron chi connectivity index (χ4n) is 3.21. The molecule has 2 aromatic rings. The summed E-state index contributed by atoms with van der Waals surface area (Å²) in [6.45, 7) is 0.702. The lowest BCUT2D eigenvalue weighted by atomic mass is 9.85. The summed E-state index contributed by atoms with van der Waals surface area (Å²) in [5.41, 5.74) is 6.39. The number of amides is 1. The first-order chi connectivity index (χ1) is 12.5. The first-order valence-corrected chi connectivity index (χ1v) is 8.41. The van der Waals surface area contributed by atoms with Crippen molar-refractivity contribution in [2.24, 2.45) is 11.7 Å². The number of nitrogens with two attached hydrogens (primary N) is 1. The van der Waals surface area contributed by atoms with Crippen LogP contribution in [-0.2, 0) is 0 Å². The van der Waals surface area contributed by atoms with E-state index in [2.05, 4.69) is 0 Å². The summed E-state index contributed by atoms with van der Waals surface area (Å²) in [6, 6.07) is 10.2. The number of benzene rings is 2. The third kappa shape index (κ3) is 3.77. The van der Waals surface area contributed by atoms with Gasteiger partial charge in [0.1, 0.15) is 5.75 Å². The highest BCUT2D eigenvalue weighted by atomic mass is 19.1. The van der Waals surface area contributed by atoms with Gasteiger partial charge in [0.25, 0.3) is 0 Å². The van der Waals surface area contributed by atoms with Gasteiger partial charge in [0.2, 0.25) is 0 Å². The summed E-state index contributed by atoms with van der Waals surface area (Å²) < 4.78 is 34.3. The highest BCUT2D eigenvalue weighted by Crippen LogP contribution is 2.36. The molecule has 0 bridgehead atoms. The van der Waals surface area contributed by atoms with E-state index in [1.807, 2.05) is 0 Å². The molecule has 2 aromatic carbocycles. The molecule has 5 nitrogen and oxygen atoms in total. The molecule has 1 aliphatic heterocycles. The molecule has 1 heterocycles. The molecule has 3 rings (SSSR count). The predicted molar refractivity (Wildman–Crippen MR) is 92.1 cm³/mol. The fourth-order valence-corrected chi connectivity index (χ4v) is 3.21. The molecule has 0 saturated carbocycles. The highest BCUT2D eigenvalue weighted by molar-refractivity contribution is 5.65. The second-order valence-corrected chi connectivity index (χ2v) is 6.33. The van der Waals surface area contributed by atoms with Crippen LogP contribution in [0, 0.1) is 17.6 Å². The molecule has 0 aromatic heterocycles. The molecule has 0 spiro atoms. The Bertz CT molecular complexity index is 778. The molecule has 1 atom stereocenters. The number of rotatable bonds is 4. The van der Waals surface area contributed by atoms with Crippen molar-refractivity contribution in [1.82, 2.24) is 4.90 Å². The normalized spacial score (nSPS) is 16.3. The quantitative estimate of drug-likeness (QED) is 0.857. The second kappa shape index (κ2) is 7.70. The standard InChI is InChI=1S/C19H20F2N2O3/c20-15-7-6-14(16(21)18(15)26-13-4-2-1-3-5-13)17(22)12-8-10-23(11-9-12)19(24)25/h1-7,12,17H,8-11,22H2,(H,24,25). The zero-order valence-electron chi connectivity index (χ0n) is 14.1. The first kappa shape index (κ1) is 18.1. The van der Waals surface area contributed by atoms with Gasteiger partial charge in [-0.2, -0.15) is 0 Å². The van der Waals surface area contributed by atoms with Gasteiger partial charge in [0.15, 0.2) is 17.4 Å². The van der Waals surface area contributed by atoms with Gasteiger partial charge < -0.3 is 20.5 Å². The molecule has 26 heavy (non-hydrogen) atoms. The molecule has 7 heteroatoms. The Morgan fingerprint density at radius 3 is 2.42 bits per heavy atom. The first-order valence-electron chi connectivity index (χ1n) is 8.41. The number of nitrogens with zero attached hydrogens (tertiary/aromatic N) is 1. The Morgan fingerprint density at radius 2 is 1.81 bits per heavy atom. The topological polar surface area (TPSA) is 75.8 Å².